The van der Waals surface area contributed by atoms with Gasteiger partial charge in [0.05, 0.1) is 12.2 Å². The number of nitrogens with one attached hydrogen (secondary N) is 2. The Morgan fingerprint density at radius 2 is 1.96 bits per heavy atom. The molecule has 2 N–H and O–H groups in total. The number of hydrogen-bond acceptors (Lipinski definition) is 4. The van der Waals surface area contributed by atoms with Crippen LogP contribution in [0.1, 0.15) is 25.8 Å². The average Bonchev–Trinajstić information content (AvgIpc) is 2.61. The lowest BCUT2D eigenvalue weighted by molar-refractivity contribution is -0.0679. The van der Waals surface area contributed by atoms with E-state index in [1.807, 2.05) is 0 Å². The maximum atomic E-state index is 12.5. The zero-order chi connectivity index (χ0) is 19.6. The summed E-state index contributed by atoms with van der Waals surface area (Å²) >= 11 is 0. The molecule has 152 valence electrons. The van der Waals surface area contributed by atoms with E-state index in [1.165, 1.54) is 6.07 Å². The maximum Gasteiger partial charge on any atom is 0.387 e. The number of nitrogens with zero attached hydrogens (tertiary/aromatic N) is 2. The lowest BCUT2D eigenvalue weighted by Crippen LogP contribution is -2.46. The minimum absolute atomic E-state index is 0.172. The summed E-state index contributed by atoms with van der Waals surface area (Å²) in [6, 6.07) is 6.74. The number of halogens is 2. The third kappa shape index (κ3) is 7.68. The molecule has 2 unspecified atom stereocenters. The Kier molecular flexibility index (Phi) is 8.74. The van der Waals surface area contributed by atoms with Gasteiger partial charge in [0.1, 0.15) is 5.75 Å². The number of aliphatic imine (C=N–C) groups is 1. The van der Waals surface area contributed by atoms with Crippen LogP contribution < -0.4 is 15.4 Å². The van der Waals surface area contributed by atoms with E-state index < -0.39 is 6.61 Å². The first-order valence-electron chi connectivity index (χ1n) is 9.33. The first kappa shape index (κ1) is 21.4. The number of hydrogen-bond donors (Lipinski definition) is 2. The van der Waals surface area contributed by atoms with Crippen LogP contribution in [0, 0.1) is 0 Å². The number of para-hydroxylation sites is 1. The number of guanidine groups is 1. The van der Waals surface area contributed by atoms with Crippen molar-refractivity contribution in [2.24, 2.45) is 4.99 Å². The van der Waals surface area contributed by atoms with E-state index in [-0.39, 0.29) is 18.0 Å². The van der Waals surface area contributed by atoms with Crippen molar-refractivity contribution in [1.29, 1.82) is 0 Å². The quantitative estimate of drug-likeness (QED) is 0.410. The van der Waals surface area contributed by atoms with Crippen molar-refractivity contribution in [3.63, 3.8) is 0 Å². The van der Waals surface area contributed by atoms with Gasteiger partial charge in [0.2, 0.25) is 0 Å². The van der Waals surface area contributed by atoms with Crippen LogP contribution in [-0.4, -0.2) is 62.9 Å². The van der Waals surface area contributed by atoms with Gasteiger partial charge in [-0.15, -0.1) is 0 Å². The van der Waals surface area contributed by atoms with Crippen molar-refractivity contribution >= 4 is 5.96 Å². The molecule has 2 atom stereocenters. The highest BCUT2D eigenvalue weighted by molar-refractivity contribution is 5.79. The maximum absolute atomic E-state index is 12.5. The zero-order valence-electron chi connectivity index (χ0n) is 16.3. The molecular weight excluding hydrogens is 354 g/mol. The molecule has 0 radical (unpaired) electrons. The van der Waals surface area contributed by atoms with Crippen molar-refractivity contribution in [3.8, 4) is 5.75 Å². The summed E-state index contributed by atoms with van der Waals surface area (Å²) in [7, 11) is 1.68. The molecule has 1 fully saturated rings. The van der Waals surface area contributed by atoms with Crippen LogP contribution in [0.15, 0.2) is 29.3 Å². The third-order valence-electron chi connectivity index (χ3n) is 4.30. The van der Waals surface area contributed by atoms with Crippen LogP contribution in [0.4, 0.5) is 8.78 Å². The van der Waals surface area contributed by atoms with Crippen LogP contribution in [0.5, 0.6) is 5.75 Å². The average molecular weight is 384 g/mol. The molecule has 0 aliphatic carbocycles. The van der Waals surface area contributed by atoms with Crippen LogP contribution >= 0.6 is 0 Å². The summed E-state index contributed by atoms with van der Waals surface area (Å²) in [6.07, 6.45) is 1.52. The topological polar surface area (TPSA) is 58.1 Å². The summed E-state index contributed by atoms with van der Waals surface area (Å²) in [4.78, 5) is 6.59. The molecule has 1 aromatic carbocycles. The minimum Gasteiger partial charge on any atom is -0.434 e. The number of benzene rings is 1. The van der Waals surface area contributed by atoms with Gasteiger partial charge in [-0.3, -0.25) is 9.89 Å². The van der Waals surface area contributed by atoms with Crippen molar-refractivity contribution in [3.05, 3.63) is 29.8 Å². The summed E-state index contributed by atoms with van der Waals surface area (Å²) in [5, 5.41) is 6.39. The van der Waals surface area contributed by atoms with Crippen LogP contribution in [0.2, 0.25) is 0 Å². The van der Waals surface area contributed by atoms with E-state index >= 15 is 0 Å². The van der Waals surface area contributed by atoms with Crippen LogP contribution in [0.3, 0.4) is 0 Å². The molecule has 1 aliphatic heterocycles. The lowest BCUT2D eigenvalue weighted by Gasteiger charge is -2.35. The van der Waals surface area contributed by atoms with E-state index in [9.17, 15) is 8.78 Å². The summed E-state index contributed by atoms with van der Waals surface area (Å²) in [5.74, 6) is 0.802. The van der Waals surface area contributed by atoms with E-state index in [0.29, 0.717) is 18.1 Å². The molecule has 1 aliphatic rings. The smallest absolute Gasteiger partial charge is 0.387 e. The van der Waals surface area contributed by atoms with E-state index in [0.717, 1.165) is 32.6 Å². The molecule has 0 spiro atoms. The number of ether oxygens (including phenoxy) is 2. The van der Waals surface area contributed by atoms with Crippen molar-refractivity contribution in [1.82, 2.24) is 15.5 Å². The molecule has 0 bridgehead atoms. The monoisotopic (exact) mass is 384 g/mol. The van der Waals surface area contributed by atoms with Crippen molar-refractivity contribution < 1.29 is 18.3 Å². The van der Waals surface area contributed by atoms with E-state index in [2.05, 4.69) is 39.1 Å². The van der Waals surface area contributed by atoms with Gasteiger partial charge in [0.15, 0.2) is 5.96 Å². The van der Waals surface area contributed by atoms with Gasteiger partial charge in [-0.2, -0.15) is 8.78 Å². The summed E-state index contributed by atoms with van der Waals surface area (Å²) < 4.78 is 35.3. The fraction of sp³-hybridized carbons (Fsp3) is 0.632. The second kappa shape index (κ2) is 11.0. The molecule has 1 saturated heterocycles. The summed E-state index contributed by atoms with van der Waals surface area (Å²) in [6.45, 7) is 5.39. The second-order valence-corrected chi connectivity index (χ2v) is 6.71. The Labute approximate surface area is 159 Å². The second-order valence-electron chi connectivity index (χ2n) is 6.71. The Morgan fingerprint density at radius 3 is 2.63 bits per heavy atom. The molecule has 1 aromatic rings. The molecule has 27 heavy (non-hydrogen) atoms. The fourth-order valence-electron chi connectivity index (χ4n) is 3.24. The molecular formula is C19H30F2N4O2. The van der Waals surface area contributed by atoms with Gasteiger partial charge < -0.3 is 20.1 Å². The van der Waals surface area contributed by atoms with Crippen molar-refractivity contribution in [2.75, 3.05) is 33.2 Å². The SMILES string of the molecule is CN=C(NCCCN1CC(C)OC(C)C1)NCc1ccccc1OC(F)F. The van der Waals surface area contributed by atoms with E-state index in [4.69, 9.17) is 4.74 Å². The molecule has 8 heteroatoms. The van der Waals surface area contributed by atoms with Gasteiger partial charge >= 0.3 is 6.61 Å². The largest absolute Gasteiger partial charge is 0.434 e. The van der Waals surface area contributed by atoms with Gasteiger partial charge in [-0.25, -0.2) is 0 Å². The third-order valence-corrected chi connectivity index (χ3v) is 4.30. The Bertz CT molecular complexity index is 591. The Morgan fingerprint density at radius 1 is 1.26 bits per heavy atom. The number of rotatable bonds is 8. The highest BCUT2D eigenvalue weighted by Gasteiger charge is 2.21. The highest BCUT2D eigenvalue weighted by Crippen LogP contribution is 2.19. The van der Waals surface area contributed by atoms with E-state index in [1.54, 1.807) is 25.2 Å². The first-order chi connectivity index (χ1) is 13.0. The molecule has 6 nitrogen and oxygen atoms in total. The Balaban J connectivity index is 1.72. The number of alkyl halides is 2. The molecule has 2 rings (SSSR count). The van der Waals surface area contributed by atoms with Gasteiger partial charge in [-0.1, -0.05) is 18.2 Å². The highest BCUT2D eigenvalue weighted by atomic mass is 19.3. The first-order valence-corrected chi connectivity index (χ1v) is 9.33. The Hall–Kier alpha value is -1.93. The standard InChI is InChI=1S/C19H30F2N4O2/c1-14-12-25(13-15(2)26-14)10-6-9-23-19(22-3)24-11-16-7-4-5-8-17(16)27-18(20)21/h4-5,7-8,14-15,18H,6,9-13H2,1-3H3,(H2,22,23,24). The normalized spacial score (nSPS) is 21.3. The predicted molar refractivity (Wildman–Crippen MR) is 102 cm³/mol. The summed E-state index contributed by atoms with van der Waals surface area (Å²) in [5.41, 5.74) is 0.650. The molecule has 1 heterocycles. The molecule has 0 saturated carbocycles. The predicted octanol–water partition coefficient (Wildman–Crippen LogP) is 2.45. The minimum atomic E-state index is -2.84. The fourth-order valence-corrected chi connectivity index (χ4v) is 3.24. The zero-order valence-corrected chi connectivity index (χ0v) is 16.3. The van der Waals surface area contributed by atoms with Gasteiger partial charge in [-0.05, 0) is 26.3 Å². The van der Waals surface area contributed by atoms with Crippen molar-refractivity contribution in [2.45, 2.75) is 45.6 Å². The molecule has 0 amide bonds. The van der Waals surface area contributed by atoms with Crippen LogP contribution in [0.25, 0.3) is 0 Å². The van der Waals surface area contributed by atoms with Crippen LogP contribution in [-0.2, 0) is 11.3 Å². The van der Waals surface area contributed by atoms with Gasteiger partial charge in [0.25, 0.3) is 0 Å². The molecule has 0 aromatic heterocycles. The lowest BCUT2D eigenvalue weighted by atomic mass is 10.2. The number of morpholine rings is 1. The van der Waals surface area contributed by atoms with Gasteiger partial charge in [0, 0.05) is 45.3 Å².